The summed E-state index contributed by atoms with van der Waals surface area (Å²) >= 11 is 0. The van der Waals surface area contributed by atoms with E-state index >= 15 is 0 Å². The highest BCUT2D eigenvalue weighted by molar-refractivity contribution is 5.45. The zero-order valence-corrected chi connectivity index (χ0v) is 7.83. The van der Waals surface area contributed by atoms with Gasteiger partial charge in [-0.05, 0) is 12.1 Å². The lowest BCUT2D eigenvalue weighted by Gasteiger charge is -2.14. The summed E-state index contributed by atoms with van der Waals surface area (Å²) in [6, 6.07) is 3.50. The third kappa shape index (κ3) is 2.01. The van der Waals surface area contributed by atoms with Crippen LogP contribution in [0, 0.1) is 10.1 Å². The Morgan fingerprint density at radius 2 is 2.53 bits per heavy atom. The first kappa shape index (κ1) is 9.38. The van der Waals surface area contributed by atoms with Crippen LogP contribution in [0.4, 0.5) is 5.82 Å². The van der Waals surface area contributed by atoms with Crippen molar-refractivity contribution < 1.29 is 4.92 Å². The first-order chi connectivity index (χ1) is 7.27. The zero-order valence-electron chi connectivity index (χ0n) is 7.83. The molecule has 7 heteroatoms. The van der Waals surface area contributed by atoms with Gasteiger partial charge in [0, 0.05) is 19.3 Å². The highest BCUT2D eigenvalue weighted by Crippen LogP contribution is 2.16. The number of anilines is 1. The lowest BCUT2D eigenvalue weighted by Crippen LogP contribution is -2.21. The van der Waals surface area contributed by atoms with Crippen molar-refractivity contribution in [1.82, 2.24) is 15.5 Å². The van der Waals surface area contributed by atoms with Gasteiger partial charge in [0.1, 0.15) is 0 Å². The van der Waals surface area contributed by atoms with E-state index < -0.39 is 4.92 Å². The highest BCUT2D eigenvalue weighted by Gasteiger charge is 2.21. The Hall–Kier alpha value is -2.18. The van der Waals surface area contributed by atoms with E-state index in [-0.39, 0.29) is 0 Å². The molecule has 0 radical (unpaired) electrons. The summed E-state index contributed by atoms with van der Waals surface area (Å²) in [5.41, 5.74) is 0. The van der Waals surface area contributed by atoms with Crippen LogP contribution in [0.25, 0.3) is 0 Å². The van der Waals surface area contributed by atoms with E-state index in [2.05, 4.69) is 15.5 Å². The first-order valence-electron chi connectivity index (χ1n) is 4.42. The van der Waals surface area contributed by atoms with Crippen LogP contribution in [-0.2, 0) is 0 Å². The average Bonchev–Trinajstić information content (AvgIpc) is 2.66. The van der Waals surface area contributed by atoms with Gasteiger partial charge in [0.2, 0.25) is 0 Å². The van der Waals surface area contributed by atoms with E-state index in [1.165, 1.54) is 0 Å². The Kier molecular flexibility index (Phi) is 2.44. The fourth-order valence-electron chi connectivity index (χ4n) is 1.40. The molecular formula is C8H9N5O2. The molecule has 1 aromatic rings. The van der Waals surface area contributed by atoms with Crippen molar-refractivity contribution in [2.75, 3.05) is 18.0 Å². The summed E-state index contributed by atoms with van der Waals surface area (Å²) in [5, 5.41) is 20.9. The Labute approximate surface area is 85.6 Å². The van der Waals surface area contributed by atoms with Crippen molar-refractivity contribution in [1.29, 1.82) is 0 Å². The molecule has 0 atom stereocenters. The van der Waals surface area contributed by atoms with Crippen LogP contribution < -0.4 is 10.2 Å². The highest BCUT2D eigenvalue weighted by atomic mass is 16.6. The van der Waals surface area contributed by atoms with E-state index in [0.717, 1.165) is 6.20 Å². The van der Waals surface area contributed by atoms with Crippen LogP contribution >= 0.6 is 0 Å². The molecule has 2 rings (SSSR count). The predicted molar refractivity (Wildman–Crippen MR) is 52.5 cm³/mol. The lowest BCUT2D eigenvalue weighted by molar-refractivity contribution is -0.403. The van der Waals surface area contributed by atoms with Crippen LogP contribution in [0.5, 0.6) is 0 Å². The van der Waals surface area contributed by atoms with E-state index in [4.69, 9.17) is 0 Å². The van der Waals surface area contributed by atoms with Gasteiger partial charge in [-0.1, -0.05) is 0 Å². The molecule has 1 aromatic heterocycles. The molecule has 1 N–H and O–H groups in total. The third-order valence-electron chi connectivity index (χ3n) is 1.99. The number of rotatable bonds is 2. The molecule has 0 amide bonds. The van der Waals surface area contributed by atoms with Gasteiger partial charge >= 0.3 is 0 Å². The summed E-state index contributed by atoms with van der Waals surface area (Å²) in [6.07, 6.45) is 2.49. The molecule has 0 bridgehead atoms. The van der Waals surface area contributed by atoms with Gasteiger partial charge in [-0.2, -0.15) is 5.10 Å². The third-order valence-corrected chi connectivity index (χ3v) is 1.99. The van der Waals surface area contributed by atoms with Gasteiger partial charge in [-0.25, -0.2) is 0 Å². The van der Waals surface area contributed by atoms with Crippen molar-refractivity contribution in [2.24, 2.45) is 0 Å². The minimum absolute atomic E-state index is 0.445. The summed E-state index contributed by atoms with van der Waals surface area (Å²) in [4.78, 5) is 11.6. The van der Waals surface area contributed by atoms with Gasteiger partial charge in [0.05, 0.1) is 4.92 Å². The van der Waals surface area contributed by atoms with Crippen molar-refractivity contribution in [3.05, 3.63) is 40.5 Å². The molecule has 0 saturated carbocycles. The second-order valence-corrected chi connectivity index (χ2v) is 2.96. The van der Waals surface area contributed by atoms with E-state index in [9.17, 15) is 10.1 Å². The Morgan fingerprint density at radius 1 is 1.67 bits per heavy atom. The standard InChI is InChI=1S/C8H9N5O2/c14-13(15)6-8-9-4-5-12(8)7-2-1-3-10-11-7/h1-3,6,9H,4-5H2. The fraction of sp³-hybridized carbons (Fsp3) is 0.250. The van der Waals surface area contributed by atoms with E-state index in [0.29, 0.717) is 24.7 Å². The van der Waals surface area contributed by atoms with E-state index in [1.54, 1.807) is 23.2 Å². The van der Waals surface area contributed by atoms with Crippen LogP contribution in [0.1, 0.15) is 0 Å². The van der Waals surface area contributed by atoms with Crippen molar-refractivity contribution in [3.63, 3.8) is 0 Å². The molecular weight excluding hydrogens is 198 g/mol. The molecule has 0 aromatic carbocycles. The molecule has 1 aliphatic heterocycles. The molecule has 1 saturated heterocycles. The zero-order chi connectivity index (χ0) is 10.7. The Balaban J connectivity index is 2.26. The summed E-state index contributed by atoms with van der Waals surface area (Å²) in [6.45, 7) is 1.31. The molecule has 7 nitrogen and oxygen atoms in total. The lowest BCUT2D eigenvalue weighted by atomic mass is 10.4. The summed E-state index contributed by atoms with van der Waals surface area (Å²) < 4.78 is 0. The second-order valence-electron chi connectivity index (χ2n) is 2.96. The monoisotopic (exact) mass is 207 g/mol. The van der Waals surface area contributed by atoms with Gasteiger partial charge in [-0.15, -0.1) is 5.10 Å². The number of aromatic nitrogens is 2. The largest absolute Gasteiger partial charge is 0.364 e. The van der Waals surface area contributed by atoms with Crippen molar-refractivity contribution >= 4 is 5.82 Å². The quantitative estimate of drug-likeness (QED) is 0.541. The molecule has 2 heterocycles. The first-order valence-corrected chi connectivity index (χ1v) is 4.42. The summed E-state index contributed by atoms with van der Waals surface area (Å²) in [7, 11) is 0. The maximum Gasteiger partial charge on any atom is 0.274 e. The number of hydrogen-bond acceptors (Lipinski definition) is 6. The topological polar surface area (TPSA) is 84.2 Å². The van der Waals surface area contributed by atoms with Crippen LogP contribution in [0.3, 0.4) is 0 Å². The fourth-order valence-corrected chi connectivity index (χ4v) is 1.40. The number of nitrogens with one attached hydrogen (secondary N) is 1. The maximum atomic E-state index is 10.4. The van der Waals surface area contributed by atoms with Crippen molar-refractivity contribution in [3.8, 4) is 0 Å². The van der Waals surface area contributed by atoms with Gasteiger partial charge in [0.25, 0.3) is 6.20 Å². The molecule has 1 fully saturated rings. The van der Waals surface area contributed by atoms with Crippen LogP contribution in [0.15, 0.2) is 30.4 Å². The molecule has 0 aliphatic carbocycles. The minimum atomic E-state index is -0.489. The van der Waals surface area contributed by atoms with Gasteiger partial charge in [0.15, 0.2) is 11.6 Å². The van der Waals surface area contributed by atoms with Crippen molar-refractivity contribution in [2.45, 2.75) is 0 Å². The van der Waals surface area contributed by atoms with Crippen LogP contribution in [0.2, 0.25) is 0 Å². The summed E-state index contributed by atoms with van der Waals surface area (Å²) in [5.74, 6) is 1.05. The molecule has 78 valence electrons. The molecule has 0 unspecified atom stereocenters. The predicted octanol–water partition coefficient (Wildman–Crippen LogP) is -0.0382. The second kappa shape index (κ2) is 3.91. The smallest absolute Gasteiger partial charge is 0.274 e. The van der Waals surface area contributed by atoms with Gasteiger partial charge < -0.3 is 10.2 Å². The number of nitro groups is 1. The van der Waals surface area contributed by atoms with E-state index in [1.807, 2.05) is 0 Å². The molecule has 1 aliphatic rings. The molecule has 0 spiro atoms. The molecule has 15 heavy (non-hydrogen) atoms. The Bertz CT molecular complexity index is 391. The number of hydrogen-bond donors (Lipinski definition) is 1. The minimum Gasteiger partial charge on any atom is -0.364 e. The average molecular weight is 207 g/mol. The normalized spacial score (nSPS) is 17.9. The Morgan fingerprint density at radius 3 is 3.20 bits per heavy atom. The SMILES string of the molecule is O=[N+]([O-])C=C1NCCN1c1cccnn1. The van der Waals surface area contributed by atoms with Gasteiger partial charge in [-0.3, -0.25) is 10.1 Å². The maximum absolute atomic E-state index is 10.4. The number of nitrogens with zero attached hydrogens (tertiary/aromatic N) is 4. The van der Waals surface area contributed by atoms with Crippen LogP contribution in [-0.4, -0.2) is 28.2 Å².